The molecular weight excluding hydrogens is 402 g/mol. The van der Waals surface area contributed by atoms with Crippen LogP contribution in [0.2, 0.25) is 5.02 Å². The van der Waals surface area contributed by atoms with Crippen molar-refractivity contribution in [2.24, 2.45) is 5.92 Å². The van der Waals surface area contributed by atoms with Gasteiger partial charge in [0.2, 0.25) is 5.95 Å². The average Bonchev–Trinajstić information content (AvgIpc) is 3.09. The third-order valence-electron chi connectivity index (χ3n) is 4.53. The second kappa shape index (κ2) is 8.84. The van der Waals surface area contributed by atoms with Crippen LogP contribution in [0.5, 0.6) is 0 Å². The zero-order chi connectivity index (χ0) is 20.3. The van der Waals surface area contributed by atoms with E-state index in [0.717, 1.165) is 38.0 Å². The molecule has 4 nitrogen and oxygen atoms in total. The lowest BCUT2D eigenvalue weighted by atomic mass is 10.1. The SMILES string of the molecule is CC(C)(C)NCC1CCN(c2cc(F)c(SNc3cccc(F)n3)cc2Cl)C1. The molecule has 0 bridgehead atoms. The van der Waals surface area contributed by atoms with Crippen molar-refractivity contribution in [3.05, 3.63) is 47.1 Å². The molecule has 8 heteroatoms. The number of rotatable bonds is 6. The van der Waals surface area contributed by atoms with E-state index in [0.29, 0.717) is 27.3 Å². The largest absolute Gasteiger partial charge is 0.370 e. The first-order valence-corrected chi connectivity index (χ1v) is 10.4. The number of pyridine rings is 1. The van der Waals surface area contributed by atoms with Crippen molar-refractivity contribution in [2.75, 3.05) is 29.3 Å². The van der Waals surface area contributed by atoms with Gasteiger partial charge in [-0.2, -0.15) is 4.39 Å². The van der Waals surface area contributed by atoms with Gasteiger partial charge in [0.25, 0.3) is 0 Å². The molecule has 1 aromatic heterocycles. The smallest absolute Gasteiger partial charge is 0.214 e. The standard InChI is InChI=1S/C20H25ClF2N4S/c1-20(2,3)24-11-13-7-8-27(12-13)16-10-15(22)17(9-14(16)21)28-26-19-6-4-5-18(23)25-19/h4-6,9-10,13,24H,7-8,11-12H2,1-3H3,(H,25,26). The van der Waals surface area contributed by atoms with Gasteiger partial charge >= 0.3 is 0 Å². The van der Waals surface area contributed by atoms with E-state index in [1.807, 2.05) is 0 Å². The predicted molar refractivity (Wildman–Crippen MR) is 113 cm³/mol. The zero-order valence-corrected chi connectivity index (χ0v) is 17.8. The summed E-state index contributed by atoms with van der Waals surface area (Å²) >= 11 is 7.46. The summed E-state index contributed by atoms with van der Waals surface area (Å²) in [5.41, 5.74) is 0.796. The summed E-state index contributed by atoms with van der Waals surface area (Å²) in [5.74, 6) is -0.139. The Kier molecular flexibility index (Phi) is 6.68. The molecule has 1 aromatic carbocycles. The van der Waals surface area contributed by atoms with E-state index < -0.39 is 5.95 Å². The summed E-state index contributed by atoms with van der Waals surface area (Å²) in [5, 5.41) is 4.03. The van der Waals surface area contributed by atoms with Crippen LogP contribution in [-0.4, -0.2) is 30.2 Å². The van der Waals surface area contributed by atoms with Crippen molar-refractivity contribution in [2.45, 2.75) is 37.6 Å². The highest BCUT2D eigenvalue weighted by molar-refractivity contribution is 8.00. The highest BCUT2D eigenvalue weighted by atomic mass is 35.5. The number of halogens is 3. The second-order valence-electron chi connectivity index (χ2n) is 8.02. The van der Waals surface area contributed by atoms with E-state index in [4.69, 9.17) is 11.6 Å². The molecule has 0 saturated carbocycles. The molecule has 0 spiro atoms. The number of hydrogen-bond acceptors (Lipinski definition) is 5. The molecule has 2 heterocycles. The zero-order valence-electron chi connectivity index (χ0n) is 16.2. The van der Waals surface area contributed by atoms with Gasteiger partial charge in [0, 0.05) is 25.2 Å². The van der Waals surface area contributed by atoms with Crippen LogP contribution in [-0.2, 0) is 0 Å². The number of benzene rings is 1. The van der Waals surface area contributed by atoms with Crippen molar-refractivity contribution >= 4 is 35.1 Å². The average molecular weight is 427 g/mol. The fraction of sp³-hybridized carbons (Fsp3) is 0.450. The van der Waals surface area contributed by atoms with Crippen molar-refractivity contribution in [1.29, 1.82) is 0 Å². The van der Waals surface area contributed by atoms with Crippen LogP contribution in [0.1, 0.15) is 27.2 Å². The third kappa shape index (κ3) is 5.72. The molecule has 3 rings (SSSR count). The van der Waals surface area contributed by atoms with Gasteiger partial charge in [0.15, 0.2) is 0 Å². The minimum absolute atomic E-state index is 0.0829. The molecule has 1 aliphatic heterocycles. The highest BCUT2D eigenvalue weighted by Crippen LogP contribution is 2.36. The third-order valence-corrected chi connectivity index (χ3v) is 5.68. The van der Waals surface area contributed by atoms with Crippen molar-refractivity contribution in [1.82, 2.24) is 10.3 Å². The van der Waals surface area contributed by atoms with Gasteiger partial charge in [-0.1, -0.05) is 17.7 Å². The van der Waals surface area contributed by atoms with E-state index in [1.54, 1.807) is 12.1 Å². The van der Waals surface area contributed by atoms with Gasteiger partial charge in [-0.15, -0.1) is 0 Å². The first-order chi connectivity index (χ1) is 13.2. The van der Waals surface area contributed by atoms with E-state index in [1.165, 1.54) is 18.2 Å². The normalized spacial score (nSPS) is 17.2. The number of aromatic nitrogens is 1. The van der Waals surface area contributed by atoms with Gasteiger partial charge in [-0.05, 0) is 69.3 Å². The molecule has 1 fully saturated rings. The maximum absolute atomic E-state index is 14.6. The summed E-state index contributed by atoms with van der Waals surface area (Å²) in [6, 6.07) is 7.48. The van der Waals surface area contributed by atoms with E-state index in [2.05, 4.69) is 40.7 Å². The van der Waals surface area contributed by atoms with E-state index in [-0.39, 0.29) is 11.4 Å². The molecule has 2 aromatic rings. The summed E-state index contributed by atoms with van der Waals surface area (Å²) < 4.78 is 30.6. The molecular formula is C20H25ClF2N4S. The monoisotopic (exact) mass is 426 g/mol. The van der Waals surface area contributed by atoms with Crippen LogP contribution in [0, 0.1) is 17.7 Å². The van der Waals surface area contributed by atoms with Crippen LogP contribution in [0.4, 0.5) is 20.3 Å². The van der Waals surface area contributed by atoms with Gasteiger partial charge in [0.05, 0.1) is 15.6 Å². The van der Waals surface area contributed by atoms with Gasteiger partial charge < -0.3 is 14.9 Å². The minimum Gasteiger partial charge on any atom is -0.370 e. The van der Waals surface area contributed by atoms with Crippen molar-refractivity contribution in [3.63, 3.8) is 0 Å². The lowest BCUT2D eigenvalue weighted by Gasteiger charge is -2.24. The molecule has 0 radical (unpaired) electrons. The fourth-order valence-corrected chi connectivity index (χ4v) is 4.09. The highest BCUT2D eigenvalue weighted by Gasteiger charge is 2.26. The summed E-state index contributed by atoms with van der Waals surface area (Å²) in [6.07, 6.45) is 1.05. The molecule has 0 aliphatic carbocycles. The van der Waals surface area contributed by atoms with Crippen molar-refractivity contribution < 1.29 is 8.78 Å². The first kappa shape index (κ1) is 21.1. The van der Waals surface area contributed by atoms with Gasteiger partial charge in [-0.3, -0.25) is 0 Å². The molecule has 1 aliphatic rings. The Labute approximate surface area is 174 Å². The molecule has 152 valence electrons. The molecule has 1 atom stereocenters. The Balaban J connectivity index is 1.63. The Hall–Kier alpha value is -1.57. The van der Waals surface area contributed by atoms with E-state index in [9.17, 15) is 8.78 Å². The van der Waals surface area contributed by atoms with Crippen LogP contribution in [0.15, 0.2) is 35.2 Å². The van der Waals surface area contributed by atoms with Gasteiger partial charge in [-0.25, -0.2) is 9.37 Å². The lowest BCUT2D eigenvalue weighted by Crippen LogP contribution is -2.39. The topological polar surface area (TPSA) is 40.2 Å². The Bertz CT molecular complexity index is 828. The number of nitrogens with zero attached hydrogens (tertiary/aromatic N) is 2. The Morgan fingerprint density at radius 3 is 2.79 bits per heavy atom. The molecule has 0 amide bonds. The maximum atomic E-state index is 14.6. The molecule has 1 saturated heterocycles. The van der Waals surface area contributed by atoms with Crippen LogP contribution < -0.4 is 14.9 Å². The molecule has 28 heavy (non-hydrogen) atoms. The van der Waals surface area contributed by atoms with Crippen LogP contribution in [0.3, 0.4) is 0 Å². The fourth-order valence-electron chi connectivity index (χ4n) is 3.08. The Morgan fingerprint density at radius 2 is 2.07 bits per heavy atom. The maximum Gasteiger partial charge on any atom is 0.214 e. The minimum atomic E-state index is -0.594. The predicted octanol–water partition coefficient (Wildman–Crippen LogP) is 5.35. The lowest BCUT2D eigenvalue weighted by molar-refractivity contribution is 0.383. The number of nitrogens with one attached hydrogen (secondary N) is 2. The number of hydrogen-bond donors (Lipinski definition) is 2. The Morgan fingerprint density at radius 1 is 1.29 bits per heavy atom. The van der Waals surface area contributed by atoms with Crippen LogP contribution in [0.25, 0.3) is 0 Å². The quantitative estimate of drug-likeness (QED) is 0.481. The summed E-state index contributed by atoms with van der Waals surface area (Å²) in [7, 11) is 0. The second-order valence-corrected chi connectivity index (χ2v) is 9.27. The van der Waals surface area contributed by atoms with E-state index >= 15 is 0 Å². The summed E-state index contributed by atoms with van der Waals surface area (Å²) in [6.45, 7) is 9.08. The van der Waals surface area contributed by atoms with Gasteiger partial charge in [0.1, 0.15) is 11.6 Å². The first-order valence-electron chi connectivity index (χ1n) is 9.26. The molecule has 2 N–H and O–H groups in total. The van der Waals surface area contributed by atoms with Crippen LogP contribution >= 0.6 is 23.5 Å². The van der Waals surface area contributed by atoms with Crippen molar-refractivity contribution in [3.8, 4) is 0 Å². The summed E-state index contributed by atoms with van der Waals surface area (Å²) in [4.78, 5) is 6.17. The molecule has 1 unspecified atom stereocenters. The number of anilines is 2.